The van der Waals surface area contributed by atoms with Crippen molar-refractivity contribution in [3.8, 4) is 5.75 Å². The Hall–Kier alpha value is -2.16. The first-order valence-electron chi connectivity index (χ1n) is 7.79. The second-order valence-electron chi connectivity index (χ2n) is 5.73. The average molecular weight is 369 g/mol. The summed E-state index contributed by atoms with van der Waals surface area (Å²) in [5.41, 5.74) is 6.33. The van der Waals surface area contributed by atoms with Gasteiger partial charge in [-0.15, -0.1) is 0 Å². The molecule has 0 saturated carbocycles. The number of carbonyl (C=O) groups excluding carboxylic acids is 1. The number of rotatable bonds is 6. The number of amides is 1. The number of nitrogens with zero attached hydrogens (tertiary/aromatic N) is 2. The van der Waals surface area contributed by atoms with Gasteiger partial charge in [-0.05, 0) is 24.6 Å². The van der Waals surface area contributed by atoms with Gasteiger partial charge >= 0.3 is 0 Å². The highest BCUT2D eigenvalue weighted by molar-refractivity contribution is 6.32. The fraction of sp³-hybridized carbons (Fsp3) is 0.375. The smallest absolute Gasteiger partial charge is 0.275 e. The van der Waals surface area contributed by atoms with E-state index in [0.29, 0.717) is 12.3 Å². The van der Waals surface area contributed by atoms with E-state index in [0.717, 1.165) is 19.0 Å². The number of halogens is 2. The molecule has 0 radical (unpaired) electrons. The van der Waals surface area contributed by atoms with Crippen LogP contribution in [-0.4, -0.2) is 42.0 Å². The molecule has 7 nitrogen and oxygen atoms in total. The lowest BCUT2D eigenvalue weighted by molar-refractivity contribution is 0.0777. The largest absolute Gasteiger partial charge is 0.482 e. The summed E-state index contributed by atoms with van der Waals surface area (Å²) in [7, 11) is 1.71. The molecule has 1 saturated heterocycles. The number of oxazole rings is 1. The Labute approximate surface area is 149 Å². The molecule has 2 heterocycles. The average Bonchev–Trinajstić information content (AvgIpc) is 3.25. The number of aromatic nitrogens is 1. The lowest BCUT2D eigenvalue weighted by atomic mass is 10.2. The van der Waals surface area contributed by atoms with Crippen LogP contribution in [0.1, 0.15) is 22.8 Å². The Morgan fingerprint density at radius 3 is 3.12 bits per heavy atom. The highest BCUT2D eigenvalue weighted by Crippen LogP contribution is 2.25. The van der Waals surface area contributed by atoms with Gasteiger partial charge in [0.2, 0.25) is 5.89 Å². The molecule has 9 heteroatoms. The molecule has 1 aliphatic rings. The first-order chi connectivity index (χ1) is 12.0. The Bertz CT molecular complexity index is 749. The number of likely N-dealkylation sites (N-methyl/N-ethyl adjacent to an activating group) is 1. The summed E-state index contributed by atoms with van der Waals surface area (Å²) in [6.07, 6.45) is 2.25. The molecule has 2 N–H and O–H groups in total. The number of ether oxygens (including phenoxy) is 1. The molecule has 134 valence electrons. The number of hydrogen-bond acceptors (Lipinski definition) is 6. The fourth-order valence-electron chi connectivity index (χ4n) is 2.49. The van der Waals surface area contributed by atoms with Gasteiger partial charge in [-0.1, -0.05) is 11.6 Å². The molecule has 1 atom stereocenters. The molecule has 0 bridgehead atoms. The van der Waals surface area contributed by atoms with E-state index in [1.54, 1.807) is 11.9 Å². The summed E-state index contributed by atoms with van der Waals surface area (Å²) in [6.45, 7) is 1.43. The molecule has 1 amide bonds. The lowest BCUT2D eigenvalue weighted by Crippen LogP contribution is -2.41. The van der Waals surface area contributed by atoms with Crippen molar-refractivity contribution in [2.24, 2.45) is 0 Å². The van der Waals surface area contributed by atoms with Gasteiger partial charge in [0.1, 0.15) is 17.8 Å². The van der Waals surface area contributed by atoms with Crippen LogP contribution in [0, 0.1) is 5.82 Å². The first-order valence-corrected chi connectivity index (χ1v) is 8.17. The zero-order valence-electron chi connectivity index (χ0n) is 13.6. The standard InChI is InChI=1S/C16H18ClFN4O3/c1-22(7-11-4-5-19-21-11)16(23)13-8-25-15(20-13)9-24-14-3-2-10(18)6-12(14)17/h2-3,6,8,11,19,21H,4-5,7,9H2,1H3. The van der Waals surface area contributed by atoms with Gasteiger partial charge in [0, 0.05) is 26.2 Å². The molecule has 3 rings (SSSR count). The third kappa shape index (κ3) is 4.47. The molecule has 1 fully saturated rings. The molecule has 25 heavy (non-hydrogen) atoms. The molecule has 0 aliphatic carbocycles. The van der Waals surface area contributed by atoms with Crippen molar-refractivity contribution in [1.29, 1.82) is 0 Å². The van der Waals surface area contributed by atoms with Crippen LogP contribution >= 0.6 is 11.6 Å². The summed E-state index contributed by atoms with van der Waals surface area (Å²) < 4.78 is 23.7. The van der Waals surface area contributed by atoms with Crippen LogP contribution in [0.15, 0.2) is 28.9 Å². The van der Waals surface area contributed by atoms with Crippen LogP contribution in [-0.2, 0) is 6.61 Å². The van der Waals surface area contributed by atoms with Gasteiger partial charge in [0.05, 0.1) is 5.02 Å². The molecule has 0 spiro atoms. The molecule has 1 aromatic heterocycles. The highest BCUT2D eigenvalue weighted by Gasteiger charge is 2.22. The van der Waals surface area contributed by atoms with Gasteiger partial charge in [-0.25, -0.2) is 9.37 Å². The fourth-order valence-corrected chi connectivity index (χ4v) is 2.71. The van der Waals surface area contributed by atoms with Crippen LogP contribution in [0.5, 0.6) is 5.75 Å². The molecule has 1 aliphatic heterocycles. The zero-order chi connectivity index (χ0) is 17.8. The van der Waals surface area contributed by atoms with E-state index >= 15 is 0 Å². The topological polar surface area (TPSA) is 79.6 Å². The molecule has 1 unspecified atom stereocenters. The van der Waals surface area contributed by atoms with E-state index in [9.17, 15) is 9.18 Å². The monoisotopic (exact) mass is 368 g/mol. The number of benzene rings is 1. The Kier molecular flexibility index (Phi) is 5.52. The van der Waals surface area contributed by atoms with Crippen molar-refractivity contribution in [3.63, 3.8) is 0 Å². The van der Waals surface area contributed by atoms with E-state index in [4.69, 9.17) is 20.8 Å². The summed E-state index contributed by atoms with van der Waals surface area (Å²) in [6, 6.07) is 4.03. The summed E-state index contributed by atoms with van der Waals surface area (Å²) in [5.74, 6) is -0.135. The number of nitrogens with one attached hydrogen (secondary N) is 2. The zero-order valence-corrected chi connectivity index (χ0v) is 14.3. The minimum Gasteiger partial charge on any atom is -0.482 e. The maximum Gasteiger partial charge on any atom is 0.275 e. The minimum atomic E-state index is -0.448. The summed E-state index contributed by atoms with van der Waals surface area (Å²) in [5, 5.41) is 0.153. The molecule has 2 aromatic rings. The minimum absolute atomic E-state index is 0.0174. The second kappa shape index (κ2) is 7.81. The SMILES string of the molecule is CN(CC1CCNN1)C(=O)c1coc(COc2ccc(F)cc2Cl)n1. The van der Waals surface area contributed by atoms with Gasteiger partial charge in [-0.2, -0.15) is 0 Å². The van der Waals surface area contributed by atoms with E-state index in [2.05, 4.69) is 15.8 Å². The van der Waals surface area contributed by atoms with E-state index in [1.807, 2.05) is 0 Å². The third-order valence-electron chi connectivity index (χ3n) is 3.78. The Balaban J connectivity index is 1.56. The molecule has 1 aromatic carbocycles. The van der Waals surface area contributed by atoms with Crippen LogP contribution in [0.25, 0.3) is 0 Å². The van der Waals surface area contributed by atoms with Crippen molar-refractivity contribution in [2.45, 2.75) is 19.1 Å². The van der Waals surface area contributed by atoms with Crippen molar-refractivity contribution < 1.29 is 18.3 Å². The van der Waals surface area contributed by atoms with Gasteiger partial charge in [0.15, 0.2) is 12.3 Å². The predicted molar refractivity (Wildman–Crippen MR) is 88.7 cm³/mol. The van der Waals surface area contributed by atoms with E-state index < -0.39 is 5.82 Å². The van der Waals surface area contributed by atoms with Crippen LogP contribution in [0.2, 0.25) is 5.02 Å². The maximum atomic E-state index is 13.0. The number of hydrazine groups is 1. The Morgan fingerprint density at radius 1 is 1.56 bits per heavy atom. The van der Waals surface area contributed by atoms with Crippen molar-refractivity contribution in [2.75, 3.05) is 20.1 Å². The van der Waals surface area contributed by atoms with Gasteiger partial charge in [0.25, 0.3) is 5.91 Å². The van der Waals surface area contributed by atoms with Gasteiger partial charge < -0.3 is 14.1 Å². The maximum absolute atomic E-state index is 13.0. The van der Waals surface area contributed by atoms with Crippen molar-refractivity contribution in [1.82, 2.24) is 20.7 Å². The van der Waals surface area contributed by atoms with Crippen LogP contribution in [0.4, 0.5) is 4.39 Å². The summed E-state index contributed by atoms with van der Waals surface area (Å²) in [4.78, 5) is 18.1. The number of carbonyl (C=O) groups is 1. The van der Waals surface area contributed by atoms with E-state index in [1.165, 1.54) is 18.4 Å². The first kappa shape index (κ1) is 17.7. The third-order valence-corrected chi connectivity index (χ3v) is 4.08. The normalized spacial score (nSPS) is 16.8. The van der Waals surface area contributed by atoms with Crippen LogP contribution < -0.4 is 15.6 Å². The van der Waals surface area contributed by atoms with Crippen LogP contribution in [0.3, 0.4) is 0 Å². The Morgan fingerprint density at radius 2 is 2.40 bits per heavy atom. The molecular formula is C16H18ClFN4O3. The van der Waals surface area contributed by atoms with Gasteiger partial charge in [-0.3, -0.25) is 15.6 Å². The second-order valence-corrected chi connectivity index (χ2v) is 6.14. The highest BCUT2D eigenvalue weighted by atomic mass is 35.5. The lowest BCUT2D eigenvalue weighted by Gasteiger charge is -2.19. The predicted octanol–water partition coefficient (Wildman–Crippen LogP) is 1.98. The van der Waals surface area contributed by atoms with E-state index in [-0.39, 0.29) is 35.2 Å². The quantitative estimate of drug-likeness (QED) is 0.811. The summed E-state index contributed by atoms with van der Waals surface area (Å²) >= 11 is 5.89. The molecular weight excluding hydrogens is 351 g/mol. The van der Waals surface area contributed by atoms with Crippen molar-refractivity contribution in [3.05, 3.63) is 46.9 Å². The van der Waals surface area contributed by atoms with Crippen molar-refractivity contribution >= 4 is 17.5 Å². The number of hydrogen-bond donors (Lipinski definition) is 2.